The second-order valence-electron chi connectivity index (χ2n) is 5.45. The van der Waals surface area contributed by atoms with Gasteiger partial charge in [0.25, 0.3) is 0 Å². The molecule has 3 unspecified atom stereocenters. The Morgan fingerprint density at radius 2 is 2.00 bits per heavy atom. The van der Waals surface area contributed by atoms with Crippen molar-refractivity contribution in [3.05, 3.63) is 35.1 Å². The molecule has 2 bridgehead atoms. The van der Waals surface area contributed by atoms with Crippen molar-refractivity contribution < 1.29 is 22.4 Å². The lowest BCUT2D eigenvalue weighted by atomic mass is 9.83. The molecule has 20 heavy (non-hydrogen) atoms. The minimum Gasteiger partial charge on any atom is -0.310 e. The van der Waals surface area contributed by atoms with Crippen molar-refractivity contribution in [3.63, 3.8) is 0 Å². The number of halogens is 4. The predicted molar refractivity (Wildman–Crippen MR) is 63.8 cm³/mol. The van der Waals surface area contributed by atoms with Gasteiger partial charge in [0.1, 0.15) is 5.82 Å². The molecule has 0 amide bonds. The molecule has 2 nitrogen and oxygen atoms in total. The summed E-state index contributed by atoms with van der Waals surface area (Å²) in [5.41, 5.74) is -1.43. The molecule has 3 rings (SSSR count). The second-order valence-corrected chi connectivity index (χ2v) is 5.45. The molecular formula is C14H13F4NO. The third-order valence-electron chi connectivity index (χ3n) is 4.19. The third kappa shape index (κ3) is 2.22. The van der Waals surface area contributed by atoms with Crippen molar-refractivity contribution in [2.24, 2.45) is 5.92 Å². The molecule has 0 spiro atoms. The topological polar surface area (TPSA) is 29.1 Å². The summed E-state index contributed by atoms with van der Waals surface area (Å²) in [6.45, 7) is 0. The minimum absolute atomic E-state index is 0.0480. The van der Waals surface area contributed by atoms with Gasteiger partial charge in [-0.1, -0.05) is 0 Å². The summed E-state index contributed by atoms with van der Waals surface area (Å²) in [7, 11) is 0. The van der Waals surface area contributed by atoms with Crippen molar-refractivity contribution in [1.29, 1.82) is 0 Å². The molecule has 108 valence electrons. The number of rotatable bonds is 2. The highest BCUT2D eigenvalue weighted by Gasteiger charge is 2.43. The van der Waals surface area contributed by atoms with Gasteiger partial charge < -0.3 is 5.32 Å². The molecular weight excluding hydrogens is 274 g/mol. The third-order valence-corrected chi connectivity index (χ3v) is 4.19. The molecule has 2 heterocycles. The van der Waals surface area contributed by atoms with Gasteiger partial charge in [-0.15, -0.1) is 0 Å². The summed E-state index contributed by atoms with van der Waals surface area (Å²) in [4.78, 5) is 12.3. The van der Waals surface area contributed by atoms with Crippen LogP contribution in [0.4, 0.5) is 17.6 Å². The van der Waals surface area contributed by atoms with Crippen LogP contribution in [-0.4, -0.2) is 17.9 Å². The van der Waals surface area contributed by atoms with E-state index in [0.717, 1.165) is 25.0 Å². The molecule has 1 N–H and O–H groups in total. The van der Waals surface area contributed by atoms with Gasteiger partial charge in [0, 0.05) is 23.6 Å². The molecule has 1 aromatic carbocycles. The van der Waals surface area contributed by atoms with Crippen molar-refractivity contribution in [2.75, 3.05) is 0 Å². The Morgan fingerprint density at radius 3 is 2.55 bits per heavy atom. The van der Waals surface area contributed by atoms with Crippen molar-refractivity contribution in [1.82, 2.24) is 5.32 Å². The average molecular weight is 287 g/mol. The van der Waals surface area contributed by atoms with Crippen LogP contribution < -0.4 is 5.32 Å². The molecule has 2 fully saturated rings. The van der Waals surface area contributed by atoms with E-state index in [0.29, 0.717) is 12.5 Å². The van der Waals surface area contributed by atoms with E-state index >= 15 is 0 Å². The highest BCUT2D eigenvalue weighted by Crippen LogP contribution is 2.37. The number of hydrogen-bond acceptors (Lipinski definition) is 2. The van der Waals surface area contributed by atoms with Gasteiger partial charge in [-0.05, 0) is 37.5 Å². The summed E-state index contributed by atoms with van der Waals surface area (Å²) in [5.74, 6) is -1.96. The maximum absolute atomic E-state index is 13.2. The number of benzene rings is 1. The fourth-order valence-corrected chi connectivity index (χ4v) is 3.22. The Kier molecular flexibility index (Phi) is 3.08. The lowest BCUT2D eigenvalue weighted by Crippen LogP contribution is -2.29. The largest absolute Gasteiger partial charge is 0.419 e. The number of Topliss-reactive ketones (excluding diaryl/α,β-unsaturated/α-hetero) is 1. The van der Waals surface area contributed by atoms with E-state index in [2.05, 4.69) is 5.32 Å². The Bertz CT molecular complexity index is 555. The lowest BCUT2D eigenvalue weighted by molar-refractivity contribution is -0.140. The maximum Gasteiger partial charge on any atom is 0.419 e. The number of nitrogens with one attached hydrogen (secondary N) is 1. The van der Waals surface area contributed by atoms with Crippen LogP contribution in [0, 0.1) is 11.7 Å². The Labute approximate surface area is 113 Å². The summed E-state index contributed by atoms with van der Waals surface area (Å²) in [6, 6.07) is 2.82. The maximum atomic E-state index is 13.2. The van der Waals surface area contributed by atoms with Crippen molar-refractivity contribution in [2.45, 2.75) is 37.5 Å². The minimum atomic E-state index is -4.78. The Hall–Kier alpha value is -1.43. The quantitative estimate of drug-likeness (QED) is 0.668. The first-order valence-electron chi connectivity index (χ1n) is 6.53. The highest BCUT2D eigenvalue weighted by atomic mass is 19.4. The van der Waals surface area contributed by atoms with E-state index in [1.54, 1.807) is 0 Å². The summed E-state index contributed by atoms with van der Waals surface area (Å²) in [6.07, 6.45) is -2.25. The fraction of sp³-hybridized carbons (Fsp3) is 0.500. The Morgan fingerprint density at radius 1 is 1.25 bits per heavy atom. The van der Waals surface area contributed by atoms with Crippen LogP contribution in [0.1, 0.15) is 35.2 Å². The molecule has 2 aliphatic heterocycles. The van der Waals surface area contributed by atoms with Crippen LogP contribution in [-0.2, 0) is 6.18 Å². The van der Waals surface area contributed by atoms with Gasteiger partial charge >= 0.3 is 6.18 Å². The monoisotopic (exact) mass is 287 g/mol. The average Bonchev–Trinajstić information content (AvgIpc) is 2.99. The van der Waals surface area contributed by atoms with Crippen LogP contribution in [0.3, 0.4) is 0 Å². The van der Waals surface area contributed by atoms with E-state index in [9.17, 15) is 22.4 Å². The molecule has 6 heteroatoms. The van der Waals surface area contributed by atoms with E-state index < -0.39 is 17.6 Å². The van der Waals surface area contributed by atoms with Crippen molar-refractivity contribution >= 4 is 5.78 Å². The number of fused-ring (bicyclic) bond motifs is 2. The first kappa shape index (κ1) is 13.5. The first-order valence-corrected chi connectivity index (χ1v) is 6.53. The van der Waals surface area contributed by atoms with Gasteiger partial charge in [-0.25, -0.2) is 4.39 Å². The standard InChI is InChI=1S/C14H13F4NO/c15-11-3-1-7(5-10(11)14(16,17)18)13(20)9-6-8-2-4-12(9)19-8/h1,3,5,8-9,12,19H,2,4,6H2. The van der Waals surface area contributed by atoms with Crippen LogP contribution in [0.25, 0.3) is 0 Å². The van der Waals surface area contributed by atoms with E-state index in [-0.39, 0.29) is 29.3 Å². The zero-order chi connectivity index (χ0) is 14.5. The van der Waals surface area contributed by atoms with Crippen LogP contribution in [0.2, 0.25) is 0 Å². The van der Waals surface area contributed by atoms with Gasteiger partial charge in [0.2, 0.25) is 0 Å². The van der Waals surface area contributed by atoms with Gasteiger partial charge in [0.15, 0.2) is 5.78 Å². The number of carbonyl (C=O) groups excluding carboxylic acids is 1. The fourth-order valence-electron chi connectivity index (χ4n) is 3.22. The molecule has 3 atom stereocenters. The second kappa shape index (κ2) is 4.55. The van der Waals surface area contributed by atoms with Crippen LogP contribution in [0.5, 0.6) is 0 Å². The molecule has 0 aliphatic carbocycles. The zero-order valence-corrected chi connectivity index (χ0v) is 10.5. The number of alkyl halides is 3. The van der Waals surface area contributed by atoms with Gasteiger partial charge in [-0.2, -0.15) is 13.2 Å². The summed E-state index contributed by atoms with van der Waals surface area (Å²) < 4.78 is 51.2. The molecule has 2 saturated heterocycles. The first-order chi connectivity index (χ1) is 9.36. The smallest absolute Gasteiger partial charge is 0.310 e. The van der Waals surface area contributed by atoms with E-state index in [1.807, 2.05) is 0 Å². The normalized spacial score (nSPS) is 28.9. The zero-order valence-electron chi connectivity index (χ0n) is 10.5. The summed E-state index contributed by atoms with van der Waals surface area (Å²) >= 11 is 0. The molecule has 1 aromatic rings. The Balaban J connectivity index is 1.89. The SMILES string of the molecule is O=C(c1ccc(F)c(C(F)(F)F)c1)C1CC2CCC1N2. The lowest BCUT2D eigenvalue weighted by Gasteiger charge is -2.19. The summed E-state index contributed by atoms with van der Waals surface area (Å²) in [5, 5.41) is 3.27. The van der Waals surface area contributed by atoms with Gasteiger partial charge in [0.05, 0.1) is 5.56 Å². The van der Waals surface area contributed by atoms with E-state index in [1.165, 1.54) is 0 Å². The molecule has 0 aromatic heterocycles. The molecule has 2 aliphatic rings. The van der Waals surface area contributed by atoms with Crippen LogP contribution >= 0.6 is 0 Å². The molecule has 0 radical (unpaired) electrons. The highest BCUT2D eigenvalue weighted by molar-refractivity contribution is 5.98. The van der Waals surface area contributed by atoms with E-state index in [4.69, 9.17) is 0 Å². The number of hydrogen-bond donors (Lipinski definition) is 1. The number of ketones is 1. The van der Waals surface area contributed by atoms with Crippen molar-refractivity contribution in [3.8, 4) is 0 Å². The number of carbonyl (C=O) groups is 1. The molecule has 0 saturated carbocycles. The predicted octanol–water partition coefficient (Wildman–Crippen LogP) is 3.17. The van der Waals surface area contributed by atoms with Crippen LogP contribution in [0.15, 0.2) is 18.2 Å². The van der Waals surface area contributed by atoms with Gasteiger partial charge in [-0.3, -0.25) is 4.79 Å².